The van der Waals surface area contributed by atoms with Crippen molar-refractivity contribution in [2.75, 3.05) is 0 Å². The predicted molar refractivity (Wildman–Crippen MR) is 56.4 cm³/mol. The van der Waals surface area contributed by atoms with E-state index in [4.69, 9.17) is 5.26 Å². The van der Waals surface area contributed by atoms with Crippen molar-refractivity contribution in [2.45, 2.75) is 0 Å². The highest BCUT2D eigenvalue weighted by Gasteiger charge is 1.96. The molecule has 1 aromatic heterocycles. The summed E-state index contributed by atoms with van der Waals surface area (Å²) in [5.41, 5.74) is 1.91. The van der Waals surface area contributed by atoms with Crippen LogP contribution in [-0.4, -0.2) is 4.98 Å². The van der Waals surface area contributed by atoms with Gasteiger partial charge in [-0.1, -0.05) is 24.3 Å². The number of fused-ring (bicyclic) bond motifs is 1. The highest BCUT2D eigenvalue weighted by atomic mass is 14.6. The van der Waals surface area contributed by atoms with Gasteiger partial charge in [-0.3, -0.25) is 4.98 Å². The minimum Gasteiger partial charge on any atom is -0.256 e. The molecule has 0 N–H and O–H groups in total. The Balaban J connectivity index is 2.66. The summed E-state index contributed by atoms with van der Waals surface area (Å²) in [4.78, 5) is 4.27. The van der Waals surface area contributed by atoms with Gasteiger partial charge in [0.1, 0.15) is 0 Å². The zero-order valence-electron chi connectivity index (χ0n) is 7.51. The first-order valence-electron chi connectivity index (χ1n) is 4.32. The molecule has 1 aromatic carbocycles. The van der Waals surface area contributed by atoms with Crippen LogP contribution in [-0.2, 0) is 0 Å². The topological polar surface area (TPSA) is 36.7 Å². The molecule has 2 heteroatoms. The van der Waals surface area contributed by atoms with Crippen LogP contribution in [0.15, 0.2) is 42.6 Å². The van der Waals surface area contributed by atoms with Gasteiger partial charge in [-0.2, -0.15) is 5.26 Å². The van der Waals surface area contributed by atoms with Crippen molar-refractivity contribution in [1.82, 2.24) is 4.98 Å². The largest absolute Gasteiger partial charge is 0.256 e. The maximum absolute atomic E-state index is 8.44. The molecule has 0 aliphatic heterocycles. The number of pyridine rings is 1. The Morgan fingerprint density at radius 2 is 2.07 bits per heavy atom. The number of hydrogen-bond donors (Lipinski definition) is 0. The van der Waals surface area contributed by atoms with Crippen molar-refractivity contribution in [2.24, 2.45) is 0 Å². The lowest BCUT2D eigenvalue weighted by Crippen LogP contribution is -1.81. The van der Waals surface area contributed by atoms with Gasteiger partial charge in [-0.05, 0) is 12.1 Å². The lowest BCUT2D eigenvalue weighted by atomic mass is 10.1. The van der Waals surface area contributed by atoms with E-state index in [1.165, 1.54) is 6.08 Å². The van der Waals surface area contributed by atoms with E-state index >= 15 is 0 Å². The maximum Gasteiger partial charge on any atom is 0.0912 e. The Hall–Kier alpha value is -2.14. The summed E-state index contributed by atoms with van der Waals surface area (Å²) in [6.07, 6.45) is 4.99. The molecular weight excluding hydrogens is 172 g/mol. The first-order valence-corrected chi connectivity index (χ1v) is 4.32. The third kappa shape index (κ3) is 1.48. The molecule has 2 rings (SSSR count). The van der Waals surface area contributed by atoms with Crippen LogP contribution >= 0.6 is 0 Å². The van der Waals surface area contributed by atoms with Gasteiger partial charge in [0.25, 0.3) is 0 Å². The maximum atomic E-state index is 8.44. The summed E-state index contributed by atoms with van der Waals surface area (Å²) < 4.78 is 0. The van der Waals surface area contributed by atoms with Crippen molar-refractivity contribution in [3.05, 3.63) is 48.2 Å². The molecule has 2 aromatic rings. The van der Waals surface area contributed by atoms with Crippen LogP contribution in [0.1, 0.15) is 5.56 Å². The average molecular weight is 180 g/mol. The molecule has 0 aliphatic carbocycles. The molecule has 0 saturated heterocycles. The van der Waals surface area contributed by atoms with Crippen LogP contribution < -0.4 is 0 Å². The number of hydrogen-bond acceptors (Lipinski definition) is 2. The summed E-state index contributed by atoms with van der Waals surface area (Å²) in [6, 6.07) is 11.8. The Morgan fingerprint density at radius 1 is 1.21 bits per heavy atom. The Bertz CT molecular complexity index is 516. The number of para-hydroxylation sites is 1. The van der Waals surface area contributed by atoms with Crippen LogP contribution in [0.2, 0.25) is 0 Å². The number of rotatable bonds is 1. The SMILES string of the molecule is N#C/C=C/c1cccc2cccnc12. The van der Waals surface area contributed by atoms with E-state index in [0.717, 1.165) is 16.5 Å². The highest BCUT2D eigenvalue weighted by Crippen LogP contribution is 2.16. The Kier molecular flexibility index (Phi) is 2.24. The van der Waals surface area contributed by atoms with E-state index in [-0.39, 0.29) is 0 Å². The summed E-state index contributed by atoms with van der Waals surface area (Å²) in [5.74, 6) is 0. The van der Waals surface area contributed by atoms with E-state index in [9.17, 15) is 0 Å². The first-order chi connectivity index (χ1) is 6.92. The van der Waals surface area contributed by atoms with Crippen molar-refractivity contribution in [3.8, 4) is 6.07 Å². The molecule has 0 atom stereocenters. The molecule has 0 amide bonds. The molecule has 0 saturated carbocycles. The summed E-state index contributed by atoms with van der Waals surface area (Å²) >= 11 is 0. The van der Waals surface area contributed by atoms with E-state index in [0.29, 0.717) is 0 Å². The first kappa shape index (κ1) is 8.46. The molecule has 14 heavy (non-hydrogen) atoms. The van der Waals surface area contributed by atoms with Gasteiger partial charge in [-0.25, -0.2) is 0 Å². The zero-order chi connectivity index (χ0) is 9.80. The van der Waals surface area contributed by atoms with Crippen LogP contribution in [0.3, 0.4) is 0 Å². The van der Waals surface area contributed by atoms with Gasteiger partial charge < -0.3 is 0 Å². The smallest absolute Gasteiger partial charge is 0.0912 e. The lowest BCUT2D eigenvalue weighted by Gasteiger charge is -1.99. The molecule has 1 heterocycles. The van der Waals surface area contributed by atoms with Gasteiger partial charge in [0.2, 0.25) is 0 Å². The second-order valence-electron chi connectivity index (χ2n) is 2.88. The number of nitriles is 1. The summed E-state index contributed by atoms with van der Waals surface area (Å²) in [7, 11) is 0. The van der Waals surface area contributed by atoms with E-state index in [1.807, 2.05) is 36.4 Å². The molecule has 0 unspecified atom stereocenters. The fourth-order valence-electron chi connectivity index (χ4n) is 1.39. The van der Waals surface area contributed by atoms with Crippen LogP contribution in [0.25, 0.3) is 17.0 Å². The van der Waals surface area contributed by atoms with Crippen LogP contribution in [0.5, 0.6) is 0 Å². The second-order valence-corrected chi connectivity index (χ2v) is 2.88. The zero-order valence-corrected chi connectivity index (χ0v) is 7.51. The Labute approximate surface area is 82.1 Å². The van der Waals surface area contributed by atoms with Crippen LogP contribution in [0, 0.1) is 11.3 Å². The van der Waals surface area contributed by atoms with Gasteiger partial charge >= 0.3 is 0 Å². The molecule has 0 bridgehead atoms. The van der Waals surface area contributed by atoms with E-state index < -0.39 is 0 Å². The van der Waals surface area contributed by atoms with Crippen molar-refractivity contribution in [3.63, 3.8) is 0 Å². The molecule has 0 aliphatic rings. The number of benzene rings is 1. The molecule has 66 valence electrons. The minimum atomic E-state index is 0.932. The third-order valence-corrected chi connectivity index (χ3v) is 2.00. The van der Waals surface area contributed by atoms with Crippen molar-refractivity contribution >= 4 is 17.0 Å². The molecule has 2 nitrogen and oxygen atoms in total. The van der Waals surface area contributed by atoms with Gasteiger partial charge in [0, 0.05) is 23.2 Å². The monoisotopic (exact) mass is 180 g/mol. The normalized spacial score (nSPS) is 10.5. The van der Waals surface area contributed by atoms with E-state index in [2.05, 4.69) is 4.98 Å². The van der Waals surface area contributed by atoms with Crippen molar-refractivity contribution < 1.29 is 0 Å². The lowest BCUT2D eigenvalue weighted by molar-refractivity contribution is 1.41. The number of aromatic nitrogens is 1. The number of allylic oxidation sites excluding steroid dienone is 1. The molecule has 0 spiro atoms. The van der Waals surface area contributed by atoms with E-state index in [1.54, 1.807) is 12.3 Å². The standard InChI is InChI=1S/C12H8N2/c13-8-2-6-10-4-1-5-11-7-3-9-14-12(10)11/h1-7,9H/b6-2+. The summed E-state index contributed by atoms with van der Waals surface area (Å²) in [5, 5.41) is 9.53. The fraction of sp³-hybridized carbons (Fsp3) is 0. The second kappa shape index (κ2) is 3.71. The quantitative estimate of drug-likeness (QED) is 0.633. The van der Waals surface area contributed by atoms with Crippen LogP contribution in [0.4, 0.5) is 0 Å². The van der Waals surface area contributed by atoms with Gasteiger partial charge in [0.05, 0.1) is 11.6 Å². The average Bonchev–Trinajstić information content (AvgIpc) is 2.26. The van der Waals surface area contributed by atoms with Gasteiger partial charge in [-0.15, -0.1) is 0 Å². The molecule has 0 radical (unpaired) electrons. The highest BCUT2D eigenvalue weighted by molar-refractivity contribution is 5.87. The summed E-state index contributed by atoms with van der Waals surface area (Å²) in [6.45, 7) is 0. The predicted octanol–water partition coefficient (Wildman–Crippen LogP) is 2.77. The van der Waals surface area contributed by atoms with Gasteiger partial charge in [0.15, 0.2) is 0 Å². The fourth-order valence-corrected chi connectivity index (χ4v) is 1.39. The molecule has 0 fully saturated rings. The number of nitrogens with zero attached hydrogens (tertiary/aromatic N) is 2. The third-order valence-electron chi connectivity index (χ3n) is 2.00. The molecular formula is C12H8N2. The minimum absolute atomic E-state index is 0.932. The Morgan fingerprint density at radius 3 is 2.93 bits per heavy atom. The van der Waals surface area contributed by atoms with Crippen molar-refractivity contribution in [1.29, 1.82) is 5.26 Å².